The first-order valence-electron chi connectivity index (χ1n) is 6.84. The zero-order valence-corrected chi connectivity index (χ0v) is 11.9. The maximum absolute atomic E-state index is 13.3. The van der Waals surface area contributed by atoms with Crippen LogP contribution in [0.3, 0.4) is 0 Å². The highest BCUT2D eigenvalue weighted by atomic mass is 19.1. The van der Waals surface area contributed by atoms with Crippen molar-refractivity contribution in [3.63, 3.8) is 0 Å². The van der Waals surface area contributed by atoms with E-state index in [1.165, 1.54) is 12.1 Å². The fourth-order valence-corrected chi connectivity index (χ4v) is 1.98. The molecular weight excluding hydrogens is 267 g/mol. The van der Waals surface area contributed by atoms with Crippen LogP contribution in [-0.4, -0.2) is 6.54 Å². The van der Waals surface area contributed by atoms with Crippen LogP contribution in [0.1, 0.15) is 23.6 Å². The van der Waals surface area contributed by atoms with Gasteiger partial charge in [0.15, 0.2) is 0 Å². The van der Waals surface area contributed by atoms with Crippen LogP contribution >= 0.6 is 0 Å². The van der Waals surface area contributed by atoms with Crippen molar-refractivity contribution in [3.8, 4) is 11.8 Å². The third-order valence-electron chi connectivity index (χ3n) is 3.04. The number of ether oxygens (including phenoxy) is 1. The van der Waals surface area contributed by atoms with Gasteiger partial charge in [-0.2, -0.15) is 5.26 Å². The molecule has 2 aromatic carbocycles. The van der Waals surface area contributed by atoms with Crippen molar-refractivity contribution in [1.29, 1.82) is 5.26 Å². The highest BCUT2D eigenvalue weighted by molar-refractivity contribution is 5.35. The Kier molecular flexibility index (Phi) is 5.30. The summed E-state index contributed by atoms with van der Waals surface area (Å²) in [4.78, 5) is 0. The minimum absolute atomic E-state index is 0.276. The summed E-state index contributed by atoms with van der Waals surface area (Å²) < 4.78 is 19.1. The van der Waals surface area contributed by atoms with Crippen LogP contribution in [0.15, 0.2) is 42.5 Å². The summed E-state index contributed by atoms with van der Waals surface area (Å²) in [6.45, 7) is 3.70. The van der Waals surface area contributed by atoms with Crippen molar-refractivity contribution in [2.24, 2.45) is 0 Å². The van der Waals surface area contributed by atoms with E-state index in [0.717, 1.165) is 17.7 Å². The van der Waals surface area contributed by atoms with Gasteiger partial charge in [0.1, 0.15) is 18.2 Å². The van der Waals surface area contributed by atoms with E-state index in [2.05, 4.69) is 11.4 Å². The van der Waals surface area contributed by atoms with Gasteiger partial charge in [0.05, 0.1) is 11.6 Å². The molecule has 0 fully saturated rings. The van der Waals surface area contributed by atoms with Crippen molar-refractivity contribution >= 4 is 0 Å². The lowest BCUT2D eigenvalue weighted by atomic mass is 10.1. The van der Waals surface area contributed by atoms with Crippen LogP contribution in [-0.2, 0) is 13.2 Å². The van der Waals surface area contributed by atoms with Gasteiger partial charge in [-0.15, -0.1) is 0 Å². The molecule has 0 bridgehead atoms. The van der Waals surface area contributed by atoms with Gasteiger partial charge in [-0.1, -0.05) is 19.1 Å². The number of nitrogens with zero attached hydrogens (tertiary/aromatic N) is 1. The first-order valence-corrected chi connectivity index (χ1v) is 6.84. The van der Waals surface area contributed by atoms with Crippen molar-refractivity contribution in [2.75, 3.05) is 6.54 Å². The van der Waals surface area contributed by atoms with Gasteiger partial charge in [0, 0.05) is 12.1 Å². The van der Waals surface area contributed by atoms with Gasteiger partial charge in [-0.05, 0) is 42.4 Å². The molecule has 108 valence electrons. The lowest BCUT2D eigenvalue weighted by molar-refractivity contribution is 0.301. The summed E-state index contributed by atoms with van der Waals surface area (Å²) in [5.74, 6) is 0.376. The molecule has 0 aliphatic rings. The molecule has 0 heterocycles. The van der Waals surface area contributed by atoms with Gasteiger partial charge in [-0.25, -0.2) is 4.39 Å². The normalized spacial score (nSPS) is 10.1. The molecule has 0 unspecified atom stereocenters. The van der Waals surface area contributed by atoms with Gasteiger partial charge in [0.2, 0.25) is 0 Å². The molecule has 4 heteroatoms. The van der Waals surface area contributed by atoms with E-state index in [4.69, 9.17) is 10.00 Å². The maximum atomic E-state index is 13.3. The second-order valence-corrected chi connectivity index (χ2v) is 4.63. The Balaban J connectivity index is 2.10. The minimum atomic E-state index is -0.276. The highest BCUT2D eigenvalue weighted by Gasteiger charge is 2.06. The fourth-order valence-electron chi connectivity index (χ4n) is 1.98. The van der Waals surface area contributed by atoms with Crippen LogP contribution < -0.4 is 10.1 Å². The average Bonchev–Trinajstić information content (AvgIpc) is 2.52. The van der Waals surface area contributed by atoms with Gasteiger partial charge < -0.3 is 10.1 Å². The largest absolute Gasteiger partial charge is 0.489 e. The van der Waals surface area contributed by atoms with Crippen molar-refractivity contribution in [3.05, 3.63) is 65.0 Å². The van der Waals surface area contributed by atoms with E-state index in [0.29, 0.717) is 24.5 Å². The molecule has 0 aromatic heterocycles. The van der Waals surface area contributed by atoms with E-state index in [1.54, 1.807) is 18.2 Å². The molecule has 0 radical (unpaired) electrons. The second-order valence-electron chi connectivity index (χ2n) is 4.63. The summed E-state index contributed by atoms with van der Waals surface area (Å²) in [7, 11) is 0. The molecule has 0 aliphatic carbocycles. The number of hydrogen-bond acceptors (Lipinski definition) is 3. The molecule has 0 amide bonds. The van der Waals surface area contributed by atoms with Crippen LogP contribution in [0.5, 0.6) is 5.75 Å². The number of nitrogens with one attached hydrogen (secondary N) is 1. The summed E-state index contributed by atoms with van der Waals surface area (Å²) >= 11 is 0. The summed E-state index contributed by atoms with van der Waals surface area (Å²) in [6.07, 6.45) is 0. The number of nitriles is 1. The van der Waals surface area contributed by atoms with E-state index in [-0.39, 0.29) is 5.82 Å². The number of rotatable bonds is 6. The van der Waals surface area contributed by atoms with E-state index >= 15 is 0 Å². The van der Waals surface area contributed by atoms with E-state index < -0.39 is 0 Å². The van der Waals surface area contributed by atoms with Crippen LogP contribution in [0.2, 0.25) is 0 Å². The van der Waals surface area contributed by atoms with Crippen molar-refractivity contribution in [1.82, 2.24) is 5.32 Å². The Morgan fingerprint density at radius 2 is 2.10 bits per heavy atom. The SMILES string of the molecule is CCNCc1cc(F)ccc1OCc1cccc(C#N)c1. The van der Waals surface area contributed by atoms with Crippen LogP contribution in [0, 0.1) is 17.1 Å². The van der Waals surface area contributed by atoms with Crippen LogP contribution in [0.4, 0.5) is 4.39 Å². The Hall–Kier alpha value is -2.38. The molecule has 21 heavy (non-hydrogen) atoms. The fraction of sp³-hybridized carbons (Fsp3) is 0.235. The predicted octanol–water partition coefficient (Wildman–Crippen LogP) is 3.39. The molecule has 0 spiro atoms. The van der Waals surface area contributed by atoms with Gasteiger partial charge >= 0.3 is 0 Å². The molecule has 2 aromatic rings. The molecular formula is C17H17FN2O. The lowest BCUT2D eigenvalue weighted by Crippen LogP contribution is -2.13. The summed E-state index contributed by atoms with van der Waals surface area (Å²) in [6, 6.07) is 13.8. The summed E-state index contributed by atoms with van der Waals surface area (Å²) in [5, 5.41) is 12.0. The second kappa shape index (κ2) is 7.41. The zero-order valence-electron chi connectivity index (χ0n) is 11.9. The topological polar surface area (TPSA) is 45.0 Å². The van der Waals surface area contributed by atoms with Crippen LogP contribution in [0.25, 0.3) is 0 Å². The monoisotopic (exact) mass is 284 g/mol. The first kappa shape index (κ1) is 15.0. The Labute approximate surface area is 124 Å². The maximum Gasteiger partial charge on any atom is 0.124 e. The Morgan fingerprint density at radius 1 is 1.24 bits per heavy atom. The quantitative estimate of drug-likeness (QED) is 0.884. The number of benzene rings is 2. The molecule has 2 rings (SSSR count). The zero-order chi connectivity index (χ0) is 15.1. The molecule has 0 saturated heterocycles. The lowest BCUT2D eigenvalue weighted by Gasteiger charge is -2.12. The van der Waals surface area contributed by atoms with Gasteiger partial charge in [-0.3, -0.25) is 0 Å². The van der Waals surface area contributed by atoms with E-state index in [9.17, 15) is 4.39 Å². The molecule has 0 aliphatic heterocycles. The van der Waals surface area contributed by atoms with Crippen molar-refractivity contribution in [2.45, 2.75) is 20.1 Å². The highest BCUT2D eigenvalue weighted by Crippen LogP contribution is 2.21. The standard InChI is InChI=1S/C17H17FN2O/c1-2-20-11-15-9-16(18)6-7-17(15)21-12-14-5-3-4-13(8-14)10-19/h3-9,20H,2,11-12H2,1H3. The smallest absolute Gasteiger partial charge is 0.124 e. The molecule has 0 saturated carbocycles. The number of halogens is 1. The summed E-state index contributed by atoms with van der Waals surface area (Å²) in [5.41, 5.74) is 2.30. The average molecular weight is 284 g/mol. The molecule has 0 atom stereocenters. The number of hydrogen-bond donors (Lipinski definition) is 1. The van der Waals surface area contributed by atoms with Gasteiger partial charge in [0.25, 0.3) is 0 Å². The first-order chi connectivity index (χ1) is 10.2. The van der Waals surface area contributed by atoms with E-state index in [1.807, 2.05) is 19.1 Å². The predicted molar refractivity (Wildman–Crippen MR) is 79.3 cm³/mol. The third kappa shape index (κ3) is 4.30. The minimum Gasteiger partial charge on any atom is -0.489 e. The Bertz CT molecular complexity index is 649. The molecule has 1 N–H and O–H groups in total. The Morgan fingerprint density at radius 3 is 2.86 bits per heavy atom. The third-order valence-corrected chi connectivity index (χ3v) is 3.04. The molecule has 3 nitrogen and oxygen atoms in total. The van der Waals surface area contributed by atoms with Crippen molar-refractivity contribution < 1.29 is 9.13 Å².